The molecular weight excluding hydrogens is 369 g/mol. The van der Waals surface area contributed by atoms with Gasteiger partial charge in [-0.2, -0.15) is 13.2 Å². The number of hydrogen-bond donors (Lipinski definition) is 1. The summed E-state index contributed by atoms with van der Waals surface area (Å²) < 4.78 is 37.9. The lowest BCUT2D eigenvalue weighted by molar-refractivity contribution is -0.137. The van der Waals surface area contributed by atoms with Gasteiger partial charge in [0.25, 0.3) is 5.91 Å². The first-order valence-electron chi connectivity index (χ1n) is 8.71. The van der Waals surface area contributed by atoms with Crippen LogP contribution in [0.5, 0.6) is 0 Å². The van der Waals surface area contributed by atoms with E-state index in [9.17, 15) is 22.8 Å². The smallest absolute Gasteiger partial charge is 0.337 e. The fourth-order valence-electron chi connectivity index (χ4n) is 2.41. The van der Waals surface area contributed by atoms with Gasteiger partial charge < -0.3 is 10.2 Å². The van der Waals surface area contributed by atoms with E-state index >= 15 is 0 Å². The van der Waals surface area contributed by atoms with Gasteiger partial charge >= 0.3 is 6.18 Å². The first kappa shape index (κ1) is 21.5. The Hall–Kier alpha value is -2.83. The normalized spacial score (nSPS) is 11.8. The summed E-state index contributed by atoms with van der Waals surface area (Å²) >= 11 is 0. The van der Waals surface area contributed by atoms with Crippen molar-refractivity contribution in [2.45, 2.75) is 33.5 Å². The molecule has 0 radical (unpaired) electrons. The molecule has 0 bridgehead atoms. The Morgan fingerprint density at radius 2 is 1.61 bits per heavy atom. The van der Waals surface area contributed by atoms with E-state index in [1.54, 1.807) is 52.1 Å². The van der Waals surface area contributed by atoms with Crippen LogP contribution in [0.4, 0.5) is 18.9 Å². The molecule has 0 unspecified atom stereocenters. The highest BCUT2D eigenvalue weighted by atomic mass is 19.4. The first-order valence-corrected chi connectivity index (χ1v) is 8.71. The summed E-state index contributed by atoms with van der Waals surface area (Å²) in [5.74, 6) is -0.470. The number of carbonyl (C=O) groups excluding carboxylic acids is 2. The van der Waals surface area contributed by atoms with E-state index in [1.807, 2.05) is 0 Å². The van der Waals surface area contributed by atoms with Crippen LogP contribution in [-0.2, 0) is 17.5 Å². The number of nitrogens with zero attached hydrogens (tertiary/aromatic N) is 1. The predicted molar refractivity (Wildman–Crippen MR) is 102 cm³/mol. The molecule has 0 aromatic heterocycles. The molecule has 4 nitrogen and oxygen atoms in total. The standard InChI is InChI=1S/C21H23F3N2O2/c1-20(2,3)19(28)25-17-7-5-6-15(12-17)18(27)26(4)13-14-8-10-16(11-9-14)21(22,23)24/h5-12H,13H2,1-4H3,(H,25,28). The minimum atomic E-state index is -4.39. The van der Waals surface area contributed by atoms with Crippen LogP contribution in [0, 0.1) is 5.41 Å². The summed E-state index contributed by atoms with van der Waals surface area (Å²) in [6, 6.07) is 11.3. The van der Waals surface area contributed by atoms with E-state index in [1.165, 1.54) is 17.0 Å². The lowest BCUT2D eigenvalue weighted by Crippen LogP contribution is -2.28. The lowest BCUT2D eigenvalue weighted by atomic mass is 9.95. The van der Waals surface area contributed by atoms with Crippen LogP contribution in [0.15, 0.2) is 48.5 Å². The zero-order chi connectivity index (χ0) is 21.1. The molecular formula is C21H23F3N2O2. The molecule has 0 saturated carbocycles. The van der Waals surface area contributed by atoms with E-state index in [4.69, 9.17) is 0 Å². The van der Waals surface area contributed by atoms with Crippen molar-refractivity contribution in [3.63, 3.8) is 0 Å². The van der Waals surface area contributed by atoms with Crippen molar-refractivity contribution in [2.24, 2.45) is 5.41 Å². The number of anilines is 1. The van der Waals surface area contributed by atoms with Gasteiger partial charge in [-0.1, -0.05) is 39.0 Å². The Morgan fingerprint density at radius 1 is 1.00 bits per heavy atom. The molecule has 0 saturated heterocycles. The fourth-order valence-corrected chi connectivity index (χ4v) is 2.41. The van der Waals surface area contributed by atoms with Crippen LogP contribution in [0.25, 0.3) is 0 Å². The molecule has 0 atom stereocenters. The second-order valence-electron chi connectivity index (χ2n) is 7.64. The second-order valence-corrected chi connectivity index (χ2v) is 7.64. The lowest BCUT2D eigenvalue weighted by Gasteiger charge is -2.20. The average Bonchev–Trinajstić information content (AvgIpc) is 2.60. The summed E-state index contributed by atoms with van der Waals surface area (Å²) in [5.41, 5.74) is 0.169. The van der Waals surface area contributed by atoms with Crippen molar-refractivity contribution in [3.8, 4) is 0 Å². The molecule has 0 spiro atoms. The Bertz CT molecular complexity index is 853. The van der Waals surface area contributed by atoms with Crippen LogP contribution in [0.3, 0.4) is 0 Å². The van der Waals surface area contributed by atoms with Crippen molar-refractivity contribution in [2.75, 3.05) is 12.4 Å². The van der Waals surface area contributed by atoms with Gasteiger partial charge in [-0.3, -0.25) is 9.59 Å². The SMILES string of the molecule is CN(Cc1ccc(C(F)(F)F)cc1)C(=O)c1cccc(NC(=O)C(C)(C)C)c1. The molecule has 150 valence electrons. The molecule has 2 aromatic rings. The number of rotatable bonds is 4. The van der Waals surface area contributed by atoms with E-state index in [0.29, 0.717) is 16.8 Å². The number of hydrogen-bond acceptors (Lipinski definition) is 2. The van der Waals surface area contributed by atoms with Crippen molar-refractivity contribution >= 4 is 17.5 Å². The third-order valence-corrected chi connectivity index (χ3v) is 4.10. The minimum Gasteiger partial charge on any atom is -0.337 e. The molecule has 0 aliphatic heterocycles. The maximum absolute atomic E-state index is 12.6. The van der Waals surface area contributed by atoms with Gasteiger partial charge in [0.2, 0.25) is 5.91 Å². The number of halogens is 3. The first-order chi connectivity index (χ1) is 12.9. The highest BCUT2D eigenvalue weighted by Crippen LogP contribution is 2.29. The van der Waals surface area contributed by atoms with Crippen LogP contribution in [-0.4, -0.2) is 23.8 Å². The van der Waals surface area contributed by atoms with Gasteiger partial charge in [0.05, 0.1) is 5.56 Å². The van der Waals surface area contributed by atoms with Gasteiger partial charge in [0, 0.05) is 30.3 Å². The third kappa shape index (κ3) is 5.58. The quantitative estimate of drug-likeness (QED) is 0.799. The van der Waals surface area contributed by atoms with E-state index in [-0.39, 0.29) is 18.4 Å². The summed E-state index contributed by atoms with van der Waals surface area (Å²) in [4.78, 5) is 26.2. The minimum absolute atomic E-state index is 0.162. The molecule has 0 fully saturated rings. The van der Waals surface area contributed by atoms with Crippen LogP contribution in [0.1, 0.15) is 42.3 Å². The van der Waals surface area contributed by atoms with Crippen molar-refractivity contribution in [1.82, 2.24) is 4.90 Å². The van der Waals surface area contributed by atoms with Crippen LogP contribution < -0.4 is 5.32 Å². The molecule has 2 aromatic carbocycles. The maximum atomic E-state index is 12.6. The Kier molecular flexibility index (Phi) is 6.17. The van der Waals surface area contributed by atoms with E-state index in [0.717, 1.165) is 12.1 Å². The zero-order valence-electron chi connectivity index (χ0n) is 16.2. The van der Waals surface area contributed by atoms with Crippen LogP contribution >= 0.6 is 0 Å². The van der Waals surface area contributed by atoms with Gasteiger partial charge in [0.1, 0.15) is 0 Å². The largest absolute Gasteiger partial charge is 0.416 e. The zero-order valence-corrected chi connectivity index (χ0v) is 16.2. The summed E-state index contributed by atoms with van der Waals surface area (Å²) in [7, 11) is 1.57. The number of benzene rings is 2. The van der Waals surface area contributed by atoms with Crippen molar-refractivity contribution in [3.05, 3.63) is 65.2 Å². The molecule has 0 aliphatic rings. The Balaban J connectivity index is 2.09. The average molecular weight is 392 g/mol. The number of carbonyl (C=O) groups is 2. The predicted octanol–water partition coefficient (Wildman–Crippen LogP) is 4.96. The molecule has 2 amide bonds. The second kappa shape index (κ2) is 8.04. The van der Waals surface area contributed by atoms with Gasteiger partial charge in [-0.15, -0.1) is 0 Å². The third-order valence-electron chi connectivity index (χ3n) is 4.10. The van der Waals surface area contributed by atoms with Gasteiger partial charge in [-0.25, -0.2) is 0 Å². The highest BCUT2D eigenvalue weighted by molar-refractivity contribution is 5.98. The maximum Gasteiger partial charge on any atom is 0.416 e. The van der Waals surface area contributed by atoms with Gasteiger partial charge in [0.15, 0.2) is 0 Å². The van der Waals surface area contributed by atoms with E-state index < -0.39 is 17.2 Å². The topological polar surface area (TPSA) is 49.4 Å². The number of alkyl halides is 3. The molecule has 0 aliphatic carbocycles. The number of amides is 2. The highest BCUT2D eigenvalue weighted by Gasteiger charge is 2.30. The summed E-state index contributed by atoms with van der Waals surface area (Å²) in [6.07, 6.45) is -4.39. The molecule has 7 heteroatoms. The van der Waals surface area contributed by atoms with Crippen LogP contribution in [0.2, 0.25) is 0 Å². The number of nitrogens with one attached hydrogen (secondary N) is 1. The van der Waals surface area contributed by atoms with Gasteiger partial charge in [-0.05, 0) is 35.9 Å². The molecule has 0 heterocycles. The summed E-state index contributed by atoms with van der Waals surface area (Å²) in [6.45, 7) is 5.52. The summed E-state index contributed by atoms with van der Waals surface area (Å²) in [5, 5.41) is 2.77. The molecule has 28 heavy (non-hydrogen) atoms. The Labute approximate surface area is 162 Å². The monoisotopic (exact) mass is 392 g/mol. The van der Waals surface area contributed by atoms with Crippen molar-refractivity contribution < 1.29 is 22.8 Å². The van der Waals surface area contributed by atoms with E-state index in [2.05, 4.69) is 5.32 Å². The molecule has 1 N–H and O–H groups in total. The van der Waals surface area contributed by atoms with Crippen molar-refractivity contribution in [1.29, 1.82) is 0 Å². The fraction of sp³-hybridized carbons (Fsp3) is 0.333. The molecule has 2 rings (SSSR count). The Morgan fingerprint density at radius 3 is 2.14 bits per heavy atom.